The van der Waals surface area contributed by atoms with Gasteiger partial charge in [0.25, 0.3) is 0 Å². The lowest BCUT2D eigenvalue weighted by Gasteiger charge is -2.44. The van der Waals surface area contributed by atoms with Crippen LogP contribution in [0.5, 0.6) is 0 Å². The molecule has 6 atom stereocenters. The highest BCUT2D eigenvalue weighted by molar-refractivity contribution is 14.1. The Morgan fingerprint density at radius 1 is 0.913 bits per heavy atom. The summed E-state index contributed by atoms with van der Waals surface area (Å²) in [6.45, 7) is 11.8. The van der Waals surface area contributed by atoms with Crippen LogP contribution < -0.4 is 21.6 Å². The molecule has 2 fully saturated rings. The minimum absolute atomic E-state index is 0.00807. The molecule has 0 aromatic heterocycles. The lowest BCUT2D eigenvalue weighted by atomic mass is 9.70. The van der Waals surface area contributed by atoms with Crippen LogP contribution in [-0.2, 0) is 29.0 Å². The monoisotopic (exact) mass is 754 g/mol. The van der Waals surface area contributed by atoms with Crippen LogP contribution in [0.3, 0.4) is 0 Å². The van der Waals surface area contributed by atoms with Crippen LogP contribution in [0.25, 0.3) is 0 Å². The number of carbonyl (C=O) groups is 2. The molecule has 6 N–H and O–H groups in total. The minimum Gasteiger partial charge on any atom is -0.351 e. The fourth-order valence-corrected chi connectivity index (χ4v) is 9.74. The second-order valence-corrected chi connectivity index (χ2v) is 15.8. The van der Waals surface area contributed by atoms with E-state index in [0.717, 1.165) is 71.4 Å². The standard InChI is InChI=1S/C35H59IN6O4/c1-4-8-26-12-13-30(32-23-41(15-6-5-10-29(26)32)20-24(2)39-34(43)18-37-45)27-14-16-42(21-25(3)40-35(44)19-38-46)22-28-9-7-11-33(36)31(28)17-27/h12-13,24-25,27-28,31,33,37-38,45-46H,4-11,14-23H2,1-3H3,(H,39,43)(H,40,44)/t24-,25-,27?,28-,31?,33?/m0/s1. The molecule has 260 valence electrons. The number of rotatable bonds is 13. The first-order valence-electron chi connectivity index (χ1n) is 17.8. The number of halogens is 1. The number of amides is 2. The van der Waals surface area contributed by atoms with Gasteiger partial charge in [-0.1, -0.05) is 54.5 Å². The maximum Gasteiger partial charge on any atom is 0.236 e. The van der Waals surface area contributed by atoms with Gasteiger partial charge in [-0.3, -0.25) is 14.5 Å². The highest BCUT2D eigenvalue weighted by Gasteiger charge is 2.37. The molecule has 2 amide bonds. The van der Waals surface area contributed by atoms with Gasteiger partial charge in [0.1, 0.15) is 0 Å². The summed E-state index contributed by atoms with van der Waals surface area (Å²) >= 11 is 2.74. The summed E-state index contributed by atoms with van der Waals surface area (Å²) in [5.41, 5.74) is 10.1. The molecule has 1 aliphatic carbocycles. The SMILES string of the molecule is CCCc1ccc(C2CCN(C[C@H](C)NC(=O)CNO)C[C@@H]3CCCC(I)C3C2)c2c1CCCCN(C[C@H](C)NC(=O)CNO)C2. The average molecular weight is 755 g/mol. The van der Waals surface area contributed by atoms with Gasteiger partial charge in [0.05, 0.1) is 13.1 Å². The number of aryl methyl sites for hydroxylation is 1. The number of carbonyl (C=O) groups excluding carboxylic acids is 2. The summed E-state index contributed by atoms with van der Waals surface area (Å²) in [6.07, 6.45) is 11.9. The fourth-order valence-electron chi connectivity index (χ4n) is 8.42. The molecular formula is C35H59IN6O4. The Kier molecular flexibility index (Phi) is 15.5. The van der Waals surface area contributed by atoms with E-state index in [4.69, 9.17) is 10.4 Å². The molecule has 1 saturated carbocycles. The van der Waals surface area contributed by atoms with Crippen LogP contribution in [0.1, 0.15) is 100 Å². The largest absolute Gasteiger partial charge is 0.351 e. The van der Waals surface area contributed by atoms with Crippen LogP contribution >= 0.6 is 22.6 Å². The molecule has 0 spiro atoms. The highest BCUT2D eigenvalue weighted by Crippen LogP contribution is 2.45. The maximum absolute atomic E-state index is 12.2. The zero-order valence-electron chi connectivity index (χ0n) is 28.3. The Hall–Kier alpha value is -1.35. The Labute approximate surface area is 290 Å². The van der Waals surface area contributed by atoms with Crippen LogP contribution in [0.4, 0.5) is 0 Å². The summed E-state index contributed by atoms with van der Waals surface area (Å²) < 4.78 is 0.682. The van der Waals surface area contributed by atoms with E-state index in [2.05, 4.69) is 75.9 Å². The van der Waals surface area contributed by atoms with Crippen molar-refractivity contribution >= 4 is 34.4 Å². The summed E-state index contributed by atoms with van der Waals surface area (Å²) in [5.74, 6) is 1.44. The van der Waals surface area contributed by atoms with Crippen molar-refractivity contribution in [2.45, 2.75) is 113 Å². The van der Waals surface area contributed by atoms with E-state index < -0.39 is 0 Å². The van der Waals surface area contributed by atoms with Crippen molar-refractivity contribution in [3.05, 3.63) is 34.4 Å². The molecule has 0 radical (unpaired) electrons. The average Bonchev–Trinajstić information content (AvgIpc) is 2.97. The van der Waals surface area contributed by atoms with Crippen molar-refractivity contribution < 1.29 is 20.0 Å². The number of hydrogen-bond donors (Lipinski definition) is 6. The van der Waals surface area contributed by atoms with E-state index in [9.17, 15) is 9.59 Å². The molecule has 1 saturated heterocycles. The van der Waals surface area contributed by atoms with Gasteiger partial charge in [0.2, 0.25) is 11.8 Å². The van der Waals surface area contributed by atoms with E-state index in [1.54, 1.807) is 5.56 Å². The van der Waals surface area contributed by atoms with Crippen molar-refractivity contribution in [2.75, 3.05) is 45.8 Å². The topological polar surface area (TPSA) is 129 Å². The van der Waals surface area contributed by atoms with Crippen molar-refractivity contribution in [3.63, 3.8) is 0 Å². The Balaban J connectivity index is 1.62. The van der Waals surface area contributed by atoms with Crippen LogP contribution in [0, 0.1) is 11.8 Å². The zero-order chi connectivity index (χ0) is 33.1. The van der Waals surface area contributed by atoms with E-state index in [0.29, 0.717) is 21.7 Å². The van der Waals surface area contributed by atoms with E-state index in [1.165, 1.54) is 48.8 Å². The summed E-state index contributed by atoms with van der Waals surface area (Å²) in [4.78, 5) is 29.5. The number of hydrogen-bond acceptors (Lipinski definition) is 8. The molecule has 11 heteroatoms. The first kappa shape index (κ1) is 37.5. The summed E-state index contributed by atoms with van der Waals surface area (Å²) in [7, 11) is 0. The number of hydroxylamine groups is 2. The lowest BCUT2D eigenvalue weighted by molar-refractivity contribution is -0.123. The van der Waals surface area contributed by atoms with Gasteiger partial charge < -0.3 is 25.9 Å². The Bertz CT molecular complexity index is 1120. The molecule has 2 aliphatic heterocycles. The molecule has 46 heavy (non-hydrogen) atoms. The number of nitrogens with one attached hydrogen (secondary N) is 4. The van der Waals surface area contributed by atoms with Crippen molar-refractivity contribution in [3.8, 4) is 0 Å². The van der Waals surface area contributed by atoms with Gasteiger partial charge in [-0.15, -0.1) is 0 Å². The van der Waals surface area contributed by atoms with Gasteiger partial charge in [0, 0.05) is 42.2 Å². The molecule has 1 aromatic rings. The third kappa shape index (κ3) is 10.8. The zero-order valence-corrected chi connectivity index (χ0v) is 30.5. The summed E-state index contributed by atoms with van der Waals surface area (Å²) in [5, 5.41) is 24.0. The predicted molar refractivity (Wildman–Crippen MR) is 190 cm³/mol. The Morgan fingerprint density at radius 3 is 2.28 bits per heavy atom. The fraction of sp³-hybridized carbons (Fsp3) is 0.771. The molecule has 3 unspecified atom stereocenters. The molecule has 2 heterocycles. The second kappa shape index (κ2) is 19.0. The summed E-state index contributed by atoms with van der Waals surface area (Å²) in [6, 6.07) is 4.91. The molecule has 4 rings (SSSR count). The van der Waals surface area contributed by atoms with Gasteiger partial charge in [-0.05, 0) is 118 Å². The van der Waals surface area contributed by atoms with E-state index in [-0.39, 0.29) is 37.0 Å². The molecule has 0 bridgehead atoms. The van der Waals surface area contributed by atoms with Crippen molar-refractivity contribution in [2.24, 2.45) is 11.8 Å². The van der Waals surface area contributed by atoms with Crippen molar-refractivity contribution in [1.29, 1.82) is 0 Å². The number of fused-ring (bicyclic) bond motifs is 2. The minimum atomic E-state index is -0.193. The number of benzene rings is 1. The van der Waals surface area contributed by atoms with Crippen LogP contribution in [-0.4, -0.2) is 93.9 Å². The van der Waals surface area contributed by atoms with Gasteiger partial charge in [0.15, 0.2) is 0 Å². The molecule has 3 aliphatic rings. The smallest absolute Gasteiger partial charge is 0.236 e. The van der Waals surface area contributed by atoms with E-state index in [1.807, 2.05) is 11.0 Å². The first-order chi connectivity index (χ1) is 22.2. The Morgan fingerprint density at radius 2 is 1.61 bits per heavy atom. The maximum atomic E-state index is 12.2. The number of alkyl halides is 1. The molecule has 10 nitrogen and oxygen atoms in total. The van der Waals surface area contributed by atoms with Crippen LogP contribution in [0.15, 0.2) is 12.1 Å². The molecule has 1 aromatic carbocycles. The normalized spacial score (nSPS) is 26.0. The highest BCUT2D eigenvalue weighted by atomic mass is 127. The van der Waals surface area contributed by atoms with Crippen molar-refractivity contribution in [1.82, 2.24) is 31.4 Å². The van der Waals surface area contributed by atoms with Gasteiger partial charge >= 0.3 is 0 Å². The predicted octanol–water partition coefficient (Wildman–Crippen LogP) is 4.14. The van der Waals surface area contributed by atoms with Gasteiger partial charge in [-0.25, -0.2) is 0 Å². The number of nitrogens with zero attached hydrogens (tertiary/aromatic N) is 2. The molecular weight excluding hydrogens is 695 g/mol. The van der Waals surface area contributed by atoms with E-state index >= 15 is 0 Å². The third-order valence-electron chi connectivity index (χ3n) is 10.4. The van der Waals surface area contributed by atoms with Crippen LogP contribution in [0.2, 0.25) is 0 Å². The van der Waals surface area contributed by atoms with Gasteiger partial charge in [-0.2, -0.15) is 11.0 Å². The third-order valence-corrected chi connectivity index (χ3v) is 11.9. The second-order valence-electron chi connectivity index (χ2n) is 14.2. The number of likely N-dealkylation sites (tertiary alicyclic amines) is 1. The lowest BCUT2D eigenvalue weighted by Crippen LogP contribution is -2.48. The first-order valence-corrected chi connectivity index (χ1v) is 19.0. The quantitative estimate of drug-likeness (QED) is 0.101.